The Morgan fingerprint density at radius 2 is 2.10 bits per heavy atom. The molecule has 8 heteroatoms. The normalized spacial score (nSPS) is 24.0. The second-order valence-corrected chi connectivity index (χ2v) is 5.66. The summed E-state index contributed by atoms with van der Waals surface area (Å²) in [5, 5.41) is 11.7. The van der Waals surface area contributed by atoms with E-state index in [-0.39, 0.29) is 23.3 Å². The maximum absolute atomic E-state index is 12.1. The summed E-state index contributed by atoms with van der Waals surface area (Å²) in [5.74, 6) is -2.45. The van der Waals surface area contributed by atoms with Gasteiger partial charge in [0, 0.05) is 11.8 Å². The van der Waals surface area contributed by atoms with E-state index in [1.165, 1.54) is 0 Å². The van der Waals surface area contributed by atoms with Crippen LogP contribution in [0.4, 0.5) is 0 Å². The molecule has 1 heterocycles. The van der Waals surface area contributed by atoms with Crippen molar-refractivity contribution in [2.75, 3.05) is 5.88 Å². The van der Waals surface area contributed by atoms with Gasteiger partial charge in [0.15, 0.2) is 6.04 Å². The number of β-lactam (4-membered cyclic amide) rings is 1. The van der Waals surface area contributed by atoms with Gasteiger partial charge in [-0.25, -0.2) is 4.79 Å². The first-order valence-corrected chi connectivity index (χ1v) is 7.46. The molecule has 6 nitrogen and oxygen atoms in total. The topological polar surface area (TPSA) is 86.7 Å². The second kappa shape index (κ2) is 7.13. The maximum atomic E-state index is 12.1. The zero-order valence-electron chi connectivity index (χ0n) is 11.8. The predicted octanol–water partition coefficient (Wildman–Crippen LogP) is 1.17. The van der Waals surface area contributed by atoms with Crippen LogP contribution in [0, 0.1) is 5.92 Å². The minimum atomic E-state index is -1.28. The van der Waals surface area contributed by atoms with Crippen LogP contribution < -0.4 is 5.32 Å². The number of carboxylic acid groups (broad SMARTS) is 1. The summed E-state index contributed by atoms with van der Waals surface area (Å²) < 4.78 is 0. The van der Waals surface area contributed by atoms with Crippen molar-refractivity contribution in [3.63, 3.8) is 0 Å². The van der Waals surface area contributed by atoms with Crippen LogP contribution in [0.5, 0.6) is 0 Å². The number of nitrogens with zero attached hydrogens (tertiary/aromatic N) is 1. The molecule has 1 aliphatic heterocycles. The van der Waals surface area contributed by atoms with Gasteiger partial charge in [0.2, 0.25) is 5.91 Å². The third-order valence-electron chi connectivity index (χ3n) is 3.49. The Morgan fingerprint density at radius 1 is 1.52 bits per heavy atom. The molecule has 2 N–H and O–H groups in total. The Kier molecular flexibility index (Phi) is 6.04. The van der Waals surface area contributed by atoms with E-state index in [2.05, 4.69) is 11.9 Å². The van der Waals surface area contributed by atoms with E-state index in [0.717, 1.165) is 4.90 Å². The molecule has 1 aliphatic rings. The molecule has 21 heavy (non-hydrogen) atoms. The SMILES string of the molecule is C=C(CCl)C(C(=O)O)N1C(=O)C(NC(=O)C(C)CC)C1Cl. The molecule has 4 unspecified atom stereocenters. The van der Waals surface area contributed by atoms with Gasteiger partial charge in [0.1, 0.15) is 11.5 Å². The highest BCUT2D eigenvalue weighted by molar-refractivity contribution is 6.27. The molecule has 0 aromatic rings. The van der Waals surface area contributed by atoms with E-state index < -0.39 is 29.5 Å². The van der Waals surface area contributed by atoms with Crippen LogP contribution in [-0.2, 0) is 14.4 Å². The van der Waals surface area contributed by atoms with Crippen LogP contribution >= 0.6 is 23.2 Å². The number of rotatable bonds is 7. The largest absolute Gasteiger partial charge is 0.479 e. The van der Waals surface area contributed by atoms with E-state index in [1.54, 1.807) is 6.92 Å². The van der Waals surface area contributed by atoms with Gasteiger partial charge >= 0.3 is 5.97 Å². The molecule has 118 valence electrons. The van der Waals surface area contributed by atoms with E-state index in [1.807, 2.05) is 6.92 Å². The molecule has 1 fully saturated rings. The number of alkyl halides is 2. The van der Waals surface area contributed by atoms with Crippen molar-refractivity contribution in [3.05, 3.63) is 12.2 Å². The highest BCUT2D eigenvalue weighted by Gasteiger charge is 2.52. The lowest BCUT2D eigenvalue weighted by Gasteiger charge is -2.47. The van der Waals surface area contributed by atoms with Gasteiger partial charge in [-0.3, -0.25) is 9.59 Å². The summed E-state index contributed by atoms with van der Waals surface area (Å²) in [6.07, 6.45) is 0.629. The van der Waals surface area contributed by atoms with Crippen LogP contribution in [0.25, 0.3) is 0 Å². The summed E-state index contributed by atoms with van der Waals surface area (Å²) in [5.41, 5.74) is -0.776. The molecular formula is C13H18Cl2N2O4. The van der Waals surface area contributed by atoms with E-state index in [9.17, 15) is 19.5 Å². The smallest absolute Gasteiger partial charge is 0.330 e. The van der Waals surface area contributed by atoms with E-state index in [0.29, 0.717) is 6.42 Å². The van der Waals surface area contributed by atoms with Gasteiger partial charge in [-0.2, -0.15) is 0 Å². The van der Waals surface area contributed by atoms with E-state index >= 15 is 0 Å². The fourth-order valence-electron chi connectivity index (χ4n) is 1.92. The van der Waals surface area contributed by atoms with Gasteiger partial charge in [0.05, 0.1) is 0 Å². The van der Waals surface area contributed by atoms with Crippen molar-refractivity contribution in [2.45, 2.75) is 37.9 Å². The van der Waals surface area contributed by atoms with Crippen molar-refractivity contribution in [1.29, 1.82) is 0 Å². The number of likely N-dealkylation sites (tertiary alicyclic amines) is 1. The second-order valence-electron chi connectivity index (χ2n) is 4.95. The standard InChI is InChI=1S/C13H18Cl2N2O4/c1-4-6(2)11(18)16-8-10(15)17(12(8)19)9(13(20)21)7(3)5-14/h6,8-10H,3-5H2,1-2H3,(H,16,18)(H,20,21). The average Bonchev–Trinajstić information content (AvgIpc) is 2.47. The molecule has 2 amide bonds. The van der Waals surface area contributed by atoms with Crippen LogP contribution in [0.3, 0.4) is 0 Å². The van der Waals surface area contributed by atoms with Gasteiger partial charge in [-0.1, -0.05) is 32.0 Å². The number of carbonyl (C=O) groups excluding carboxylic acids is 2. The highest BCUT2D eigenvalue weighted by Crippen LogP contribution is 2.29. The Balaban J connectivity index is 2.79. The summed E-state index contributed by atoms with van der Waals surface area (Å²) in [6.45, 7) is 7.12. The van der Waals surface area contributed by atoms with Gasteiger partial charge in [-0.05, 0) is 12.0 Å². The van der Waals surface area contributed by atoms with Crippen LogP contribution in [-0.4, -0.2) is 51.3 Å². The maximum Gasteiger partial charge on any atom is 0.330 e. The van der Waals surface area contributed by atoms with Crippen molar-refractivity contribution in [2.24, 2.45) is 5.92 Å². The molecule has 0 radical (unpaired) electrons. The molecule has 4 atom stereocenters. The van der Waals surface area contributed by atoms with E-state index in [4.69, 9.17) is 23.2 Å². The lowest BCUT2D eigenvalue weighted by Crippen LogP contribution is -2.72. The molecule has 0 aromatic heterocycles. The zero-order valence-corrected chi connectivity index (χ0v) is 13.3. The van der Waals surface area contributed by atoms with Gasteiger partial charge in [-0.15, -0.1) is 11.6 Å². The fourth-order valence-corrected chi connectivity index (χ4v) is 2.45. The van der Waals surface area contributed by atoms with Crippen molar-refractivity contribution in [3.8, 4) is 0 Å². The Hall–Kier alpha value is -1.27. The number of hydrogen-bond acceptors (Lipinski definition) is 3. The van der Waals surface area contributed by atoms with Crippen molar-refractivity contribution in [1.82, 2.24) is 10.2 Å². The van der Waals surface area contributed by atoms with Gasteiger partial charge < -0.3 is 15.3 Å². The number of amides is 2. The molecule has 1 saturated heterocycles. The first-order chi connectivity index (χ1) is 9.76. The number of carboxylic acids is 1. The monoisotopic (exact) mass is 336 g/mol. The Morgan fingerprint density at radius 3 is 2.48 bits per heavy atom. The number of aliphatic carboxylic acids is 1. The number of nitrogens with one attached hydrogen (secondary N) is 1. The van der Waals surface area contributed by atoms with Crippen molar-refractivity contribution < 1.29 is 19.5 Å². The number of carbonyl (C=O) groups is 3. The summed E-state index contributed by atoms with van der Waals surface area (Å²) in [7, 11) is 0. The van der Waals surface area contributed by atoms with Crippen molar-refractivity contribution >= 4 is 41.0 Å². The van der Waals surface area contributed by atoms with Gasteiger partial charge in [0.25, 0.3) is 5.91 Å². The minimum Gasteiger partial charge on any atom is -0.479 e. The minimum absolute atomic E-state index is 0.103. The molecule has 0 saturated carbocycles. The lowest BCUT2D eigenvalue weighted by atomic mass is 9.98. The summed E-state index contributed by atoms with van der Waals surface area (Å²) in [6, 6.07) is -2.20. The predicted molar refractivity (Wildman–Crippen MR) is 79.2 cm³/mol. The summed E-state index contributed by atoms with van der Waals surface area (Å²) in [4.78, 5) is 36.1. The third kappa shape index (κ3) is 3.49. The Bertz CT molecular complexity index is 469. The zero-order chi connectivity index (χ0) is 16.3. The lowest BCUT2D eigenvalue weighted by molar-refractivity contribution is -0.160. The first-order valence-electron chi connectivity index (χ1n) is 6.49. The number of halogens is 2. The van der Waals surface area contributed by atoms with Crippen LogP contribution in [0.2, 0.25) is 0 Å². The highest BCUT2D eigenvalue weighted by atomic mass is 35.5. The third-order valence-corrected chi connectivity index (χ3v) is 4.30. The quantitative estimate of drug-likeness (QED) is 0.316. The Labute approximate surface area is 133 Å². The number of hydrogen-bond donors (Lipinski definition) is 2. The first kappa shape index (κ1) is 17.8. The fraction of sp³-hybridized carbons (Fsp3) is 0.615. The molecule has 0 aliphatic carbocycles. The summed E-state index contributed by atoms with van der Waals surface area (Å²) >= 11 is 11.6. The van der Waals surface area contributed by atoms with Crippen LogP contribution in [0.15, 0.2) is 12.2 Å². The molecule has 0 spiro atoms. The molecule has 0 aromatic carbocycles. The molecule has 0 bridgehead atoms. The van der Waals surface area contributed by atoms with Crippen LogP contribution in [0.1, 0.15) is 20.3 Å². The molecular weight excluding hydrogens is 319 g/mol. The average molecular weight is 337 g/mol. The molecule has 1 rings (SSSR count).